The maximum Gasteiger partial charge on any atom is 0.344 e. The number of hydrogen-bond donors (Lipinski definition) is 1. The Morgan fingerprint density at radius 3 is 2.32 bits per heavy atom. The molecule has 25 heavy (non-hydrogen) atoms. The number of hydrogen-bond acceptors (Lipinski definition) is 3. The van der Waals surface area contributed by atoms with Crippen molar-refractivity contribution in [1.82, 2.24) is 0 Å². The number of ether oxygens (including phenoxy) is 2. The molecule has 126 valence electrons. The molecule has 0 amide bonds. The van der Waals surface area contributed by atoms with E-state index in [1.807, 2.05) is 19.1 Å². The SMILES string of the molecule is C#Cc1cc(C#C)cc(COc2ccc(OC(C)C(=O)O)c(C)c2)c1. The summed E-state index contributed by atoms with van der Waals surface area (Å²) in [6.07, 6.45) is 9.95. The maximum atomic E-state index is 10.9. The zero-order valence-corrected chi connectivity index (χ0v) is 14.1. The quantitative estimate of drug-likeness (QED) is 0.823. The molecule has 0 fully saturated rings. The molecule has 0 aliphatic heterocycles. The summed E-state index contributed by atoms with van der Waals surface area (Å²) in [6.45, 7) is 3.62. The van der Waals surface area contributed by atoms with E-state index in [4.69, 9.17) is 27.4 Å². The lowest BCUT2D eigenvalue weighted by atomic mass is 10.1. The molecule has 0 spiro atoms. The molecule has 2 aromatic carbocycles. The van der Waals surface area contributed by atoms with Crippen molar-refractivity contribution in [3.05, 3.63) is 58.7 Å². The van der Waals surface area contributed by atoms with E-state index in [9.17, 15) is 4.79 Å². The van der Waals surface area contributed by atoms with E-state index in [2.05, 4.69) is 11.8 Å². The van der Waals surface area contributed by atoms with Gasteiger partial charge in [0.15, 0.2) is 6.10 Å². The minimum atomic E-state index is -1.02. The van der Waals surface area contributed by atoms with Crippen LogP contribution in [0.4, 0.5) is 0 Å². The van der Waals surface area contributed by atoms with Gasteiger partial charge in [-0.15, -0.1) is 12.8 Å². The molecule has 0 saturated carbocycles. The van der Waals surface area contributed by atoms with E-state index >= 15 is 0 Å². The molecule has 0 radical (unpaired) electrons. The third-order valence-corrected chi connectivity index (χ3v) is 3.53. The first-order valence-electron chi connectivity index (χ1n) is 7.63. The van der Waals surface area contributed by atoms with E-state index < -0.39 is 12.1 Å². The largest absolute Gasteiger partial charge is 0.489 e. The fourth-order valence-electron chi connectivity index (χ4n) is 2.19. The number of carboxylic acid groups (broad SMARTS) is 1. The summed E-state index contributed by atoms with van der Waals surface area (Å²) < 4.78 is 11.2. The van der Waals surface area contributed by atoms with E-state index in [1.165, 1.54) is 6.92 Å². The van der Waals surface area contributed by atoms with Crippen LogP contribution in [0, 0.1) is 31.6 Å². The topological polar surface area (TPSA) is 55.8 Å². The number of aryl methyl sites for hydroxylation is 1. The van der Waals surface area contributed by atoms with Crippen LogP contribution in [0.3, 0.4) is 0 Å². The van der Waals surface area contributed by atoms with Crippen molar-refractivity contribution in [2.24, 2.45) is 0 Å². The van der Waals surface area contributed by atoms with Crippen LogP contribution >= 0.6 is 0 Å². The molecule has 0 aliphatic carbocycles. The van der Waals surface area contributed by atoms with Gasteiger partial charge in [0, 0.05) is 11.1 Å². The van der Waals surface area contributed by atoms with Crippen molar-refractivity contribution in [2.45, 2.75) is 26.6 Å². The van der Waals surface area contributed by atoms with E-state index in [1.54, 1.807) is 24.3 Å². The molecule has 0 aliphatic rings. The Morgan fingerprint density at radius 2 is 1.80 bits per heavy atom. The van der Waals surface area contributed by atoms with Crippen LogP contribution in [0.1, 0.15) is 29.2 Å². The van der Waals surface area contributed by atoms with Gasteiger partial charge >= 0.3 is 5.97 Å². The van der Waals surface area contributed by atoms with Crippen LogP contribution < -0.4 is 9.47 Å². The number of carbonyl (C=O) groups is 1. The monoisotopic (exact) mass is 334 g/mol. The summed E-state index contributed by atoms with van der Waals surface area (Å²) in [6, 6.07) is 10.7. The number of carboxylic acids is 1. The number of terminal acetylenes is 2. The summed E-state index contributed by atoms with van der Waals surface area (Å²) in [5, 5.41) is 8.91. The Hall–Kier alpha value is -3.37. The molecule has 2 aromatic rings. The maximum absolute atomic E-state index is 10.9. The highest BCUT2D eigenvalue weighted by Gasteiger charge is 2.14. The van der Waals surface area contributed by atoms with Crippen LogP contribution in [0.2, 0.25) is 0 Å². The highest BCUT2D eigenvalue weighted by molar-refractivity contribution is 5.72. The van der Waals surface area contributed by atoms with Crippen LogP contribution in [0.15, 0.2) is 36.4 Å². The molecule has 2 rings (SSSR count). The summed E-state index contributed by atoms with van der Waals surface area (Å²) in [7, 11) is 0. The van der Waals surface area contributed by atoms with Crippen molar-refractivity contribution in [1.29, 1.82) is 0 Å². The zero-order valence-electron chi connectivity index (χ0n) is 14.1. The third-order valence-electron chi connectivity index (χ3n) is 3.53. The molecular formula is C21H18O4. The first-order valence-corrected chi connectivity index (χ1v) is 7.63. The molecule has 1 N–H and O–H groups in total. The Bertz CT molecular complexity index is 836. The second kappa shape index (κ2) is 7.95. The van der Waals surface area contributed by atoms with Gasteiger partial charge in [0.25, 0.3) is 0 Å². The van der Waals surface area contributed by atoms with E-state index in [0.717, 1.165) is 11.1 Å². The molecule has 1 atom stereocenters. The molecule has 0 bridgehead atoms. The van der Waals surface area contributed by atoms with Gasteiger partial charge in [-0.1, -0.05) is 11.8 Å². The number of benzene rings is 2. The van der Waals surface area contributed by atoms with Gasteiger partial charge in [0.2, 0.25) is 0 Å². The predicted octanol–water partition coefficient (Wildman–Crippen LogP) is 3.39. The van der Waals surface area contributed by atoms with Crippen LogP contribution in [-0.4, -0.2) is 17.2 Å². The lowest BCUT2D eigenvalue weighted by molar-refractivity contribution is -0.144. The van der Waals surface area contributed by atoms with Crippen molar-refractivity contribution in [3.8, 4) is 36.2 Å². The van der Waals surface area contributed by atoms with Crippen LogP contribution in [0.5, 0.6) is 11.5 Å². The lowest BCUT2D eigenvalue weighted by Crippen LogP contribution is -2.23. The van der Waals surface area contributed by atoms with E-state index in [0.29, 0.717) is 29.2 Å². The van der Waals surface area contributed by atoms with Gasteiger partial charge in [0.1, 0.15) is 18.1 Å². The fourth-order valence-corrected chi connectivity index (χ4v) is 2.19. The average Bonchev–Trinajstić information content (AvgIpc) is 2.61. The summed E-state index contributed by atoms with van der Waals surface area (Å²) in [5.74, 6) is 5.27. The first-order chi connectivity index (χ1) is 11.9. The third kappa shape index (κ3) is 4.80. The van der Waals surface area contributed by atoms with Gasteiger partial charge in [-0.05, 0) is 61.4 Å². The van der Waals surface area contributed by atoms with Crippen molar-refractivity contribution >= 4 is 5.97 Å². The molecule has 0 saturated heterocycles. The molecule has 0 aromatic heterocycles. The number of aliphatic carboxylic acids is 1. The lowest BCUT2D eigenvalue weighted by Gasteiger charge is -2.14. The Kier molecular flexibility index (Phi) is 5.71. The summed E-state index contributed by atoms with van der Waals surface area (Å²) in [4.78, 5) is 10.9. The highest BCUT2D eigenvalue weighted by atomic mass is 16.5. The minimum Gasteiger partial charge on any atom is -0.489 e. The van der Waals surface area contributed by atoms with Crippen molar-refractivity contribution < 1.29 is 19.4 Å². The van der Waals surface area contributed by atoms with Crippen molar-refractivity contribution in [2.75, 3.05) is 0 Å². The van der Waals surface area contributed by atoms with Crippen LogP contribution in [-0.2, 0) is 11.4 Å². The smallest absolute Gasteiger partial charge is 0.344 e. The predicted molar refractivity (Wildman–Crippen MR) is 95.5 cm³/mol. The summed E-state index contributed by atoms with van der Waals surface area (Å²) >= 11 is 0. The molecular weight excluding hydrogens is 316 g/mol. The van der Waals surface area contributed by atoms with Gasteiger partial charge in [0.05, 0.1) is 0 Å². The first kappa shape index (κ1) is 18.0. The highest BCUT2D eigenvalue weighted by Crippen LogP contribution is 2.25. The van der Waals surface area contributed by atoms with Gasteiger partial charge in [-0.25, -0.2) is 4.79 Å². The fraction of sp³-hybridized carbons (Fsp3) is 0.190. The van der Waals surface area contributed by atoms with Crippen LogP contribution in [0.25, 0.3) is 0 Å². The second-order valence-corrected chi connectivity index (χ2v) is 5.52. The number of rotatable bonds is 6. The Morgan fingerprint density at radius 1 is 1.16 bits per heavy atom. The molecule has 4 nitrogen and oxygen atoms in total. The minimum absolute atomic E-state index is 0.315. The molecule has 0 heterocycles. The Labute approximate surface area is 147 Å². The van der Waals surface area contributed by atoms with E-state index in [-0.39, 0.29) is 0 Å². The standard InChI is InChI=1S/C21H18O4/c1-5-16-10-17(6-2)12-18(11-16)13-24-19-7-8-20(14(3)9-19)25-15(4)21(22)23/h1-2,7-12,15H,13H2,3-4H3,(H,22,23). The molecule has 4 heteroatoms. The van der Waals surface area contributed by atoms with Gasteiger partial charge in [-0.2, -0.15) is 0 Å². The Balaban J connectivity index is 2.09. The average molecular weight is 334 g/mol. The molecule has 1 unspecified atom stereocenters. The normalized spacial score (nSPS) is 11.0. The zero-order chi connectivity index (χ0) is 18.4. The summed E-state index contributed by atoms with van der Waals surface area (Å²) in [5.41, 5.74) is 3.07. The van der Waals surface area contributed by atoms with Gasteiger partial charge in [-0.3, -0.25) is 0 Å². The van der Waals surface area contributed by atoms with Crippen molar-refractivity contribution in [3.63, 3.8) is 0 Å². The van der Waals surface area contributed by atoms with Gasteiger partial charge < -0.3 is 14.6 Å². The second-order valence-electron chi connectivity index (χ2n) is 5.52.